The highest BCUT2D eigenvalue weighted by atomic mass is 16.3. The first-order valence-electron chi connectivity index (χ1n) is 8.26. The molecule has 3 N–H and O–H groups in total. The van der Waals surface area contributed by atoms with Gasteiger partial charge in [-0.05, 0) is 30.7 Å². The number of hydrogen-bond acceptors (Lipinski definition) is 5. The maximum absolute atomic E-state index is 13.0. The number of amides is 1. The van der Waals surface area contributed by atoms with E-state index in [2.05, 4.69) is 20.8 Å². The van der Waals surface area contributed by atoms with Crippen molar-refractivity contribution in [2.45, 2.75) is 18.1 Å². The van der Waals surface area contributed by atoms with Gasteiger partial charge in [0, 0.05) is 12.7 Å². The minimum atomic E-state index is -0.837. The predicted molar refractivity (Wildman–Crippen MR) is 92.1 cm³/mol. The maximum atomic E-state index is 13.0. The number of carbonyl (C=O) groups is 1. The number of pyridine rings is 1. The highest BCUT2D eigenvalue weighted by Crippen LogP contribution is 2.31. The fraction of sp³-hybridized carbons (Fsp3) is 0.278. The second kappa shape index (κ2) is 6.27. The fourth-order valence-corrected chi connectivity index (χ4v) is 3.45. The van der Waals surface area contributed by atoms with Crippen molar-refractivity contribution in [1.82, 2.24) is 25.2 Å². The molecule has 0 spiro atoms. The number of carbonyl (C=O) groups excluding carboxylic acids is 1. The number of nitrogens with one attached hydrogen (secondary N) is 2. The molecular weight excluding hydrogens is 318 g/mol. The Morgan fingerprint density at radius 2 is 2.12 bits per heavy atom. The topological polar surface area (TPSA) is 91.5 Å². The van der Waals surface area contributed by atoms with Gasteiger partial charge in [0.15, 0.2) is 5.65 Å². The van der Waals surface area contributed by atoms with Crippen molar-refractivity contribution >= 4 is 11.6 Å². The van der Waals surface area contributed by atoms with E-state index in [-0.39, 0.29) is 5.91 Å². The van der Waals surface area contributed by atoms with Crippen LogP contribution in [0.4, 0.5) is 0 Å². The monoisotopic (exact) mass is 337 g/mol. The van der Waals surface area contributed by atoms with Gasteiger partial charge in [0.1, 0.15) is 6.33 Å². The number of rotatable bonds is 3. The molecule has 0 radical (unpaired) electrons. The first-order chi connectivity index (χ1) is 12.2. The largest absolute Gasteiger partial charge is 0.389 e. The van der Waals surface area contributed by atoms with E-state index in [1.807, 2.05) is 30.3 Å². The Bertz CT molecular complexity index is 895. The number of aromatic nitrogens is 3. The minimum Gasteiger partial charge on any atom is -0.389 e. The molecule has 4 rings (SSSR count). The lowest BCUT2D eigenvalue weighted by atomic mass is 9.79. The Balaban J connectivity index is 1.74. The Labute approximate surface area is 144 Å². The van der Waals surface area contributed by atoms with Gasteiger partial charge >= 0.3 is 0 Å². The van der Waals surface area contributed by atoms with E-state index in [1.54, 1.807) is 29.1 Å². The van der Waals surface area contributed by atoms with Crippen LogP contribution in [-0.2, 0) is 5.54 Å². The number of aliphatic hydroxyl groups is 1. The summed E-state index contributed by atoms with van der Waals surface area (Å²) in [5.74, 6) is -0.275. The second-order valence-corrected chi connectivity index (χ2v) is 6.25. The average molecular weight is 337 g/mol. The van der Waals surface area contributed by atoms with E-state index >= 15 is 0 Å². The molecule has 1 aliphatic rings. The Kier molecular flexibility index (Phi) is 3.95. The third-order valence-corrected chi connectivity index (χ3v) is 4.80. The zero-order valence-corrected chi connectivity index (χ0v) is 13.6. The van der Waals surface area contributed by atoms with Crippen LogP contribution >= 0.6 is 0 Å². The number of piperidine rings is 1. The van der Waals surface area contributed by atoms with Crippen LogP contribution in [0.15, 0.2) is 55.0 Å². The lowest BCUT2D eigenvalue weighted by Crippen LogP contribution is -2.61. The van der Waals surface area contributed by atoms with Crippen LogP contribution in [0.25, 0.3) is 5.65 Å². The van der Waals surface area contributed by atoms with E-state index in [9.17, 15) is 9.90 Å². The number of β-amino-alcohol motifs (C(OH)–C–C–N with tert-alkyl or cyclic N) is 1. The summed E-state index contributed by atoms with van der Waals surface area (Å²) in [7, 11) is 0. The van der Waals surface area contributed by atoms with Gasteiger partial charge in [-0.2, -0.15) is 0 Å². The van der Waals surface area contributed by atoms with E-state index in [0.717, 1.165) is 5.56 Å². The van der Waals surface area contributed by atoms with Gasteiger partial charge in [0.25, 0.3) is 5.91 Å². The minimum absolute atomic E-state index is 0.275. The summed E-state index contributed by atoms with van der Waals surface area (Å²) in [5, 5.41) is 24.9. The molecule has 25 heavy (non-hydrogen) atoms. The van der Waals surface area contributed by atoms with E-state index in [1.165, 1.54) is 0 Å². The molecule has 1 aliphatic heterocycles. The lowest BCUT2D eigenvalue weighted by Gasteiger charge is -2.43. The molecule has 0 unspecified atom stereocenters. The number of benzene rings is 1. The molecule has 7 nitrogen and oxygen atoms in total. The number of aliphatic hydroxyl groups excluding tert-OH is 1. The molecule has 1 aromatic carbocycles. The zero-order chi connectivity index (χ0) is 17.3. The van der Waals surface area contributed by atoms with Crippen LogP contribution < -0.4 is 10.6 Å². The molecule has 1 amide bonds. The quantitative estimate of drug-likeness (QED) is 0.655. The highest BCUT2D eigenvalue weighted by molar-refractivity contribution is 6.00. The van der Waals surface area contributed by atoms with Crippen LogP contribution in [0, 0.1) is 0 Å². The molecule has 7 heteroatoms. The van der Waals surface area contributed by atoms with Gasteiger partial charge in [-0.1, -0.05) is 30.3 Å². The standard InChI is InChI=1S/C18H19N5O2/c24-15-11-19-9-8-18(15,13-5-2-1-3-6-13)21-17(25)14-7-4-10-23-12-20-22-16(14)23/h1-7,10,12,15,19,24H,8-9,11H2,(H,21,25)/t15-,18+/m1/s1. The summed E-state index contributed by atoms with van der Waals surface area (Å²) in [6.45, 7) is 1.13. The number of fused-ring (bicyclic) bond motifs is 1. The average Bonchev–Trinajstić information content (AvgIpc) is 3.13. The summed E-state index contributed by atoms with van der Waals surface area (Å²) in [6.07, 6.45) is 3.21. The number of hydrogen-bond donors (Lipinski definition) is 3. The van der Waals surface area contributed by atoms with Crippen LogP contribution in [0.2, 0.25) is 0 Å². The van der Waals surface area contributed by atoms with Crippen LogP contribution in [0.5, 0.6) is 0 Å². The summed E-state index contributed by atoms with van der Waals surface area (Å²) in [6, 6.07) is 13.1. The summed E-state index contributed by atoms with van der Waals surface area (Å²) < 4.78 is 1.70. The smallest absolute Gasteiger partial charge is 0.255 e. The molecule has 0 aliphatic carbocycles. The maximum Gasteiger partial charge on any atom is 0.255 e. The van der Waals surface area contributed by atoms with Gasteiger partial charge in [-0.3, -0.25) is 9.20 Å². The van der Waals surface area contributed by atoms with Crippen LogP contribution in [-0.4, -0.2) is 44.8 Å². The molecule has 128 valence electrons. The molecule has 1 fully saturated rings. The van der Waals surface area contributed by atoms with Gasteiger partial charge < -0.3 is 15.7 Å². The molecule has 0 bridgehead atoms. The van der Waals surface area contributed by atoms with E-state index in [4.69, 9.17) is 0 Å². The Morgan fingerprint density at radius 3 is 2.92 bits per heavy atom. The molecule has 3 heterocycles. The molecule has 2 aromatic heterocycles. The van der Waals surface area contributed by atoms with Crippen molar-refractivity contribution < 1.29 is 9.90 Å². The van der Waals surface area contributed by atoms with Gasteiger partial charge in [-0.25, -0.2) is 0 Å². The fourth-order valence-electron chi connectivity index (χ4n) is 3.45. The summed E-state index contributed by atoms with van der Waals surface area (Å²) in [5.41, 5.74) is 0.981. The third kappa shape index (κ3) is 2.67. The third-order valence-electron chi connectivity index (χ3n) is 4.80. The zero-order valence-electron chi connectivity index (χ0n) is 13.6. The first kappa shape index (κ1) is 15.7. The van der Waals surface area contributed by atoms with Crippen molar-refractivity contribution in [2.24, 2.45) is 0 Å². The Morgan fingerprint density at radius 1 is 1.28 bits per heavy atom. The van der Waals surface area contributed by atoms with Crippen molar-refractivity contribution in [3.63, 3.8) is 0 Å². The van der Waals surface area contributed by atoms with E-state index < -0.39 is 11.6 Å². The van der Waals surface area contributed by atoms with E-state index in [0.29, 0.717) is 30.7 Å². The van der Waals surface area contributed by atoms with Gasteiger partial charge in [0.2, 0.25) is 0 Å². The molecule has 1 saturated heterocycles. The van der Waals surface area contributed by atoms with Crippen molar-refractivity contribution in [3.8, 4) is 0 Å². The molecular formula is C18H19N5O2. The lowest BCUT2D eigenvalue weighted by molar-refractivity contribution is 0.0290. The Hall–Kier alpha value is -2.77. The summed E-state index contributed by atoms with van der Waals surface area (Å²) in [4.78, 5) is 13.0. The van der Waals surface area contributed by atoms with Crippen molar-refractivity contribution in [2.75, 3.05) is 13.1 Å². The van der Waals surface area contributed by atoms with Gasteiger partial charge in [0.05, 0.1) is 17.2 Å². The van der Waals surface area contributed by atoms with Crippen molar-refractivity contribution in [3.05, 3.63) is 66.1 Å². The SMILES string of the molecule is O=C(N[C@]1(c2ccccc2)CCNC[C@H]1O)c1cccn2cnnc12. The predicted octanol–water partition coefficient (Wildman–Crippen LogP) is 0.709. The van der Waals surface area contributed by atoms with Crippen LogP contribution in [0.1, 0.15) is 22.3 Å². The second-order valence-electron chi connectivity index (χ2n) is 6.25. The first-order valence-corrected chi connectivity index (χ1v) is 8.26. The highest BCUT2D eigenvalue weighted by Gasteiger charge is 2.43. The van der Waals surface area contributed by atoms with Crippen molar-refractivity contribution in [1.29, 1.82) is 0 Å². The molecule has 3 aromatic rings. The number of nitrogens with zero attached hydrogens (tertiary/aromatic N) is 3. The molecule has 2 atom stereocenters. The normalized spacial score (nSPS) is 23.5. The summed E-state index contributed by atoms with van der Waals surface area (Å²) >= 11 is 0. The molecule has 0 saturated carbocycles. The van der Waals surface area contributed by atoms with Crippen LogP contribution in [0.3, 0.4) is 0 Å². The van der Waals surface area contributed by atoms with Gasteiger partial charge in [-0.15, -0.1) is 10.2 Å².